The van der Waals surface area contributed by atoms with E-state index in [1.54, 1.807) is 0 Å². The standard InChI is InChI=1S/C10H12ClN3S/c11-9-10(14-15-13-9)12-8-6-4-1-2-5(3-4)7(6)8/h4-8H,1-3H2,(H,12,14). The minimum absolute atomic E-state index is 0.539. The van der Waals surface area contributed by atoms with Crippen molar-refractivity contribution in [3.05, 3.63) is 5.15 Å². The lowest BCUT2D eigenvalue weighted by molar-refractivity contribution is 0.456. The Kier molecular flexibility index (Phi) is 1.67. The van der Waals surface area contributed by atoms with Crippen LogP contribution in [0.2, 0.25) is 5.15 Å². The van der Waals surface area contributed by atoms with Gasteiger partial charge in [0.2, 0.25) is 0 Å². The van der Waals surface area contributed by atoms with Gasteiger partial charge < -0.3 is 5.32 Å². The highest BCUT2D eigenvalue weighted by Crippen LogP contribution is 2.66. The van der Waals surface area contributed by atoms with Crippen LogP contribution in [-0.4, -0.2) is 14.8 Å². The second kappa shape index (κ2) is 2.86. The van der Waals surface area contributed by atoms with Crippen molar-refractivity contribution in [2.75, 3.05) is 5.32 Å². The molecule has 15 heavy (non-hydrogen) atoms. The van der Waals surface area contributed by atoms with Gasteiger partial charge in [0.1, 0.15) is 0 Å². The molecule has 0 saturated heterocycles. The summed E-state index contributed by atoms with van der Waals surface area (Å²) in [5.41, 5.74) is 0. The van der Waals surface area contributed by atoms with E-state index in [4.69, 9.17) is 11.6 Å². The van der Waals surface area contributed by atoms with Crippen molar-refractivity contribution in [1.29, 1.82) is 0 Å². The van der Waals surface area contributed by atoms with E-state index in [0.29, 0.717) is 11.2 Å². The smallest absolute Gasteiger partial charge is 0.186 e. The predicted molar refractivity (Wildman–Crippen MR) is 60.1 cm³/mol. The van der Waals surface area contributed by atoms with Gasteiger partial charge in [-0.2, -0.15) is 8.75 Å². The number of rotatable bonds is 2. The lowest BCUT2D eigenvalue weighted by atomic mass is 10.0. The molecule has 5 heteroatoms. The molecule has 0 spiro atoms. The zero-order chi connectivity index (χ0) is 9.99. The highest BCUT2D eigenvalue weighted by molar-refractivity contribution is 6.99. The average Bonchev–Trinajstić information content (AvgIpc) is 2.62. The van der Waals surface area contributed by atoms with E-state index in [1.165, 1.54) is 31.0 Å². The summed E-state index contributed by atoms with van der Waals surface area (Å²) in [6, 6.07) is 0.651. The average molecular weight is 242 g/mol. The summed E-state index contributed by atoms with van der Waals surface area (Å²) in [4.78, 5) is 0. The summed E-state index contributed by atoms with van der Waals surface area (Å²) in [6.07, 6.45) is 4.39. The first kappa shape index (κ1) is 8.76. The lowest BCUT2D eigenvalue weighted by Crippen LogP contribution is -2.13. The Balaban J connectivity index is 1.52. The van der Waals surface area contributed by atoms with Gasteiger partial charge in [0.25, 0.3) is 0 Å². The Hall–Kier alpha value is -0.350. The van der Waals surface area contributed by atoms with Gasteiger partial charge in [-0.1, -0.05) is 11.6 Å². The molecule has 1 aromatic heterocycles. The Morgan fingerprint density at radius 3 is 2.53 bits per heavy atom. The van der Waals surface area contributed by atoms with Gasteiger partial charge in [-0.15, -0.1) is 0 Å². The van der Waals surface area contributed by atoms with Crippen LogP contribution in [0, 0.1) is 23.7 Å². The van der Waals surface area contributed by atoms with Crippen molar-refractivity contribution in [3.8, 4) is 0 Å². The molecule has 1 heterocycles. The van der Waals surface area contributed by atoms with E-state index >= 15 is 0 Å². The van der Waals surface area contributed by atoms with E-state index in [-0.39, 0.29) is 0 Å². The molecule has 3 fully saturated rings. The minimum atomic E-state index is 0.539. The Labute approximate surface area is 97.5 Å². The van der Waals surface area contributed by atoms with E-state index in [0.717, 1.165) is 29.5 Å². The number of hydrogen-bond donors (Lipinski definition) is 1. The van der Waals surface area contributed by atoms with Crippen LogP contribution < -0.4 is 5.32 Å². The second-order valence-corrected chi connectivity index (χ2v) is 5.95. The van der Waals surface area contributed by atoms with Gasteiger partial charge in [-0.3, -0.25) is 0 Å². The quantitative estimate of drug-likeness (QED) is 0.865. The Morgan fingerprint density at radius 1 is 1.20 bits per heavy atom. The lowest BCUT2D eigenvalue weighted by Gasteiger charge is -2.09. The molecule has 3 aliphatic rings. The highest BCUT2D eigenvalue weighted by Gasteiger charge is 2.65. The van der Waals surface area contributed by atoms with Gasteiger partial charge in [0.05, 0.1) is 11.7 Å². The molecule has 3 nitrogen and oxygen atoms in total. The molecule has 0 aromatic carbocycles. The normalized spacial score (nSPS) is 45.5. The number of halogens is 1. The monoisotopic (exact) mass is 241 g/mol. The van der Waals surface area contributed by atoms with Crippen molar-refractivity contribution in [3.63, 3.8) is 0 Å². The third kappa shape index (κ3) is 1.12. The molecule has 0 radical (unpaired) electrons. The molecule has 1 N–H and O–H groups in total. The van der Waals surface area contributed by atoms with Crippen LogP contribution in [0.4, 0.5) is 5.82 Å². The van der Waals surface area contributed by atoms with Crippen molar-refractivity contribution in [2.24, 2.45) is 23.7 Å². The molecular formula is C10H12ClN3S. The fourth-order valence-electron chi connectivity index (χ4n) is 3.94. The third-order valence-electron chi connectivity index (χ3n) is 4.49. The van der Waals surface area contributed by atoms with Crippen molar-refractivity contribution < 1.29 is 0 Å². The number of anilines is 1. The van der Waals surface area contributed by atoms with Crippen molar-refractivity contribution in [2.45, 2.75) is 25.3 Å². The van der Waals surface area contributed by atoms with Gasteiger partial charge >= 0.3 is 0 Å². The predicted octanol–water partition coefficient (Wildman–Crippen LogP) is 2.65. The maximum Gasteiger partial charge on any atom is 0.186 e. The number of aromatic nitrogens is 2. The van der Waals surface area contributed by atoms with Gasteiger partial charge in [-0.25, -0.2) is 0 Å². The van der Waals surface area contributed by atoms with Crippen LogP contribution in [0.25, 0.3) is 0 Å². The number of fused-ring (bicyclic) bond motifs is 5. The fourth-order valence-corrected chi connectivity index (χ4v) is 4.60. The molecular weight excluding hydrogens is 230 g/mol. The third-order valence-corrected chi connectivity index (χ3v) is 5.38. The van der Waals surface area contributed by atoms with Crippen LogP contribution >= 0.6 is 23.3 Å². The first-order valence-electron chi connectivity index (χ1n) is 5.59. The first-order valence-corrected chi connectivity index (χ1v) is 6.70. The molecule has 3 aliphatic carbocycles. The number of nitrogens with one attached hydrogen (secondary N) is 1. The molecule has 2 bridgehead atoms. The van der Waals surface area contributed by atoms with Gasteiger partial charge in [0, 0.05) is 6.04 Å². The van der Waals surface area contributed by atoms with Gasteiger partial charge in [0.15, 0.2) is 11.0 Å². The van der Waals surface area contributed by atoms with Crippen LogP contribution in [0.1, 0.15) is 19.3 Å². The van der Waals surface area contributed by atoms with Crippen LogP contribution in [0.5, 0.6) is 0 Å². The molecule has 80 valence electrons. The van der Waals surface area contributed by atoms with E-state index in [9.17, 15) is 0 Å². The molecule has 4 rings (SSSR count). The summed E-state index contributed by atoms with van der Waals surface area (Å²) in [5, 5.41) is 4.01. The van der Waals surface area contributed by atoms with E-state index < -0.39 is 0 Å². The Bertz CT molecular complexity index is 391. The summed E-state index contributed by atoms with van der Waals surface area (Å²) in [5.74, 6) is 4.62. The summed E-state index contributed by atoms with van der Waals surface area (Å²) >= 11 is 7.12. The van der Waals surface area contributed by atoms with Crippen LogP contribution in [0.3, 0.4) is 0 Å². The highest BCUT2D eigenvalue weighted by atomic mass is 35.5. The van der Waals surface area contributed by atoms with E-state index in [1.807, 2.05) is 0 Å². The van der Waals surface area contributed by atoms with Crippen molar-refractivity contribution in [1.82, 2.24) is 8.75 Å². The van der Waals surface area contributed by atoms with E-state index in [2.05, 4.69) is 14.1 Å². The van der Waals surface area contributed by atoms with Crippen molar-refractivity contribution >= 4 is 29.1 Å². The Morgan fingerprint density at radius 2 is 1.93 bits per heavy atom. The summed E-state index contributed by atoms with van der Waals surface area (Å²) in [7, 11) is 0. The zero-order valence-electron chi connectivity index (χ0n) is 8.19. The maximum absolute atomic E-state index is 5.93. The van der Waals surface area contributed by atoms with Crippen LogP contribution in [0.15, 0.2) is 0 Å². The first-order chi connectivity index (χ1) is 7.34. The topological polar surface area (TPSA) is 37.8 Å². The maximum atomic E-state index is 5.93. The van der Waals surface area contributed by atoms with Crippen LogP contribution in [-0.2, 0) is 0 Å². The molecule has 0 amide bonds. The summed E-state index contributed by atoms with van der Waals surface area (Å²) < 4.78 is 8.16. The molecule has 1 aromatic rings. The van der Waals surface area contributed by atoms with Gasteiger partial charge in [-0.05, 0) is 42.9 Å². The zero-order valence-corrected chi connectivity index (χ0v) is 9.76. The summed E-state index contributed by atoms with van der Waals surface area (Å²) in [6.45, 7) is 0. The molecule has 4 atom stereocenters. The second-order valence-electron chi connectivity index (χ2n) is 5.06. The SMILES string of the molecule is Clc1nsnc1NC1C2C3CCC(C3)C12. The molecule has 4 unspecified atom stereocenters. The fraction of sp³-hybridized carbons (Fsp3) is 0.800. The number of nitrogens with zero attached hydrogens (tertiary/aromatic N) is 2. The largest absolute Gasteiger partial charge is 0.363 e. The molecule has 0 aliphatic heterocycles. The number of hydrogen-bond acceptors (Lipinski definition) is 4. The molecule has 3 saturated carbocycles. The minimum Gasteiger partial charge on any atom is -0.363 e.